The maximum atomic E-state index is 12.8. The Balaban J connectivity index is 1.73. The Hall–Kier alpha value is -1.76. The van der Waals surface area contributed by atoms with Crippen molar-refractivity contribution in [2.75, 3.05) is 18.6 Å². The maximum Gasteiger partial charge on any atom is 0.317 e. The Kier molecular flexibility index (Phi) is 4.94. The van der Waals surface area contributed by atoms with Crippen molar-refractivity contribution < 1.29 is 17.9 Å². The number of urea groups is 1. The van der Waals surface area contributed by atoms with E-state index in [0.29, 0.717) is 19.3 Å². The third-order valence-electron chi connectivity index (χ3n) is 5.31. The first-order chi connectivity index (χ1) is 12.1. The normalized spacial score (nSPS) is 24.2. The van der Waals surface area contributed by atoms with Gasteiger partial charge in [-0.15, -0.1) is 0 Å². The molecule has 3 rings (SSSR count). The first-order valence-electron chi connectivity index (χ1n) is 9.10. The largest absolute Gasteiger partial charge is 0.487 e. The lowest BCUT2D eigenvalue weighted by Crippen LogP contribution is -2.49. The highest BCUT2D eigenvalue weighted by molar-refractivity contribution is 7.91. The summed E-state index contributed by atoms with van der Waals surface area (Å²) in [7, 11) is -1.19. The Morgan fingerprint density at radius 1 is 1.27 bits per heavy atom. The van der Waals surface area contributed by atoms with Crippen LogP contribution in [-0.2, 0) is 9.84 Å². The number of fused-ring (bicyclic) bond motifs is 1. The van der Waals surface area contributed by atoms with Gasteiger partial charge in [0.05, 0.1) is 17.5 Å². The van der Waals surface area contributed by atoms with Crippen molar-refractivity contribution in [1.82, 2.24) is 10.2 Å². The molecule has 0 aliphatic carbocycles. The molecule has 144 valence electrons. The third-order valence-corrected chi connectivity index (χ3v) is 7.03. The summed E-state index contributed by atoms with van der Waals surface area (Å²) in [4.78, 5) is 14.5. The lowest BCUT2D eigenvalue weighted by atomic mass is 9.89. The fourth-order valence-electron chi connectivity index (χ4n) is 3.78. The van der Waals surface area contributed by atoms with Crippen LogP contribution in [0, 0.1) is 6.92 Å². The standard InChI is InChI=1S/C19H28N2O4S/c1-13-5-6-17-15(11-13)16(12-19(2,3)25-17)20-18(22)21(4)14-7-9-26(23,24)10-8-14/h5-6,11,14,16H,7-10,12H2,1-4H3,(H,20,22)/t16-/m0/s1. The van der Waals surface area contributed by atoms with Gasteiger partial charge < -0.3 is 15.0 Å². The molecule has 1 saturated heterocycles. The molecule has 2 heterocycles. The van der Waals surface area contributed by atoms with Crippen LogP contribution >= 0.6 is 0 Å². The summed E-state index contributed by atoms with van der Waals surface area (Å²) in [6.07, 6.45) is 1.69. The van der Waals surface area contributed by atoms with Gasteiger partial charge in [-0.25, -0.2) is 13.2 Å². The highest BCUT2D eigenvalue weighted by atomic mass is 32.2. The van der Waals surface area contributed by atoms with Crippen LogP contribution in [0.5, 0.6) is 5.75 Å². The molecule has 2 amide bonds. The van der Waals surface area contributed by atoms with Gasteiger partial charge in [0.1, 0.15) is 21.2 Å². The predicted molar refractivity (Wildman–Crippen MR) is 101 cm³/mol. The lowest BCUT2D eigenvalue weighted by Gasteiger charge is -2.39. The Morgan fingerprint density at radius 2 is 1.92 bits per heavy atom. The number of carbonyl (C=O) groups is 1. The van der Waals surface area contributed by atoms with Crippen LogP contribution in [0.2, 0.25) is 0 Å². The van der Waals surface area contributed by atoms with E-state index >= 15 is 0 Å². The van der Waals surface area contributed by atoms with Crippen molar-refractivity contribution in [3.05, 3.63) is 29.3 Å². The van der Waals surface area contributed by atoms with Gasteiger partial charge in [0.2, 0.25) is 0 Å². The number of amides is 2. The molecule has 6 nitrogen and oxygen atoms in total. The summed E-state index contributed by atoms with van der Waals surface area (Å²) in [5.74, 6) is 1.12. The molecule has 0 unspecified atom stereocenters. The highest BCUT2D eigenvalue weighted by Crippen LogP contribution is 2.40. The van der Waals surface area contributed by atoms with Gasteiger partial charge in [-0.3, -0.25) is 0 Å². The molecule has 1 atom stereocenters. The van der Waals surface area contributed by atoms with Crippen molar-refractivity contribution in [2.45, 2.75) is 57.7 Å². The molecule has 26 heavy (non-hydrogen) atoms. The van der Waals surface area contributed by atoms with Gasteiger partial charge in [-0.1, -0.05) is 17.7 Å². The van der Waals surface area contributed by atoms with Gasteiger partial charge in [0.15, 0.2) is 0 Å². The summed E-state index contributed by atoms with van der Waals surface area (Å²) >= 11 is 0. The number of carbonyl (C=O) groups excluding carboxylic acids is 1. The second kappa shape index (κ2) is 6.76. The molecule has 2 aliphatic heterocycles. The van der Waals surface area contributed by atoms with Crippen molar-refractivity contribution in [2.24, 2.45) is 0 Å². The first-order valence-corrected chi connectivity index (χ1v) is 10.9. The number of rotatable bonds is 2. The van der Waals surface area contributed by atoms with E-state index < -0.39 is 9.84 Å². The third kappa shape index (κ3) is 4.14. The second-order valence-corrected chi connectivity index (χ2v) is 10.4. The molecule has 7 heteroatoms. The van der Waals surface area contributed by atoms with Crippen LogP contribution in [0.15, 0.2) is 18.2 Å². The summed E-state index contributed by atoms with van der Waals surface area (Å²) in [5, 5.41) is 3.13. The maximum absolute atomic E-state index is 12.8. The molecule has 1 aromatic carbocycles. The fraction of sp³-hybridized carbons (Fsp3) is 0.632. The first kappa shape index (κ1) is 19.0. The zero-order valence-electron chi connectivity index (χ0n) is 15.9. The molecule has 0 spiro atoms. The second-order valence-electron chi connectivity index (χ2n) is 8.10. The molecular weight excluding hydrogens is 352 g/mol. The molecular formula is C19H28N2O4S. The van der Waals surface area contributed by atoms with E-state index in [4.69, 9.17) is 4.74 Å². The van der Waals surface area contributed by atoms with Crippen LogP contribution in [-0.4, -0.2) is 49.5 Å². The highest BCUT2D eigenvalue weighted by Gasteiger charge is 2.36. The van der Waals surface area contributed by atoms with E-state index in [-0.39, 0.29) is 35.2 Å². The molecule has 1 fully saturated rings. The van der Waals surface area contributed by atoms with Gasteiger partial charge in [0.25, 0.3) is 0 Å². The Labute approximate surface area is 155 Å². The number of benzene rings is 1. The van der Waals surface area contributed by atoms with Gasteiger partial charge >= 0.3 is 6.03 Å². The smallest absolute Gasteiger partial charge is 0.317 e. The van der Waals surface area contributed by atoms with Crippen LogP contribution in [0.3, 0.4) is 0 Å². The van der Waals surface area contributed by atoms with Gasteiger partial charge in [-0.05, 0) is 39.7 Å². The van der Waals surface area contributed by atoms with E-state index in [2.05, 4.69) is 11.4 Å². The average molecular weight is 381 g/mol. The summed E-state index contributed by atoms with van der Waals surface area (Å²) in [5.41, 5.74) is 1.76. The number of aryl methyl sites for hydroxylation is 1. The molecule has 0 bridgehead atoms. The topological polar surface area (TPSA) is 75.7 Å². The van der Waals surface area contributed by atoms with Crippen LogP contribution in [0.25, 0.3) is 0 Å². The van der Waals surface area contributed by atoms with Gasteiger partial charge in [0, 0.05) is 25.1 Å². The van der Waals surface area contributed by atoms with Crippen LogP contribution in [0.4, 0.5) is 4.79 Å². The monoisotopic (exact) mass is 380 g/mol. The summed E-state index contributed by atoms with van der Waals surface area (Å²) in [6, 6.07) is 5.69. The molecule has 0 radical (unpaired) electrons. The minimum Gasteiger partial charge on any atom is -0.487 e. The number of sulfone groups is 1. The molecule has 1 aromatic rings. The number of hydrogen-bond donors (Lipinski definition) is 1. The molecule has 0 aromatic heterocycles. The zero-order chi connectivity index (χ0) is 19.1. The van der Waals surface area contributed by atoms with Crippen LogP contribution < -0.4 is 10.1 Å². The van der Waals surface area contributed by atoms with Crippen molar-refractivity contribution >= 4 is 15.9 Å². The lowest BCUT2D eigenvalue weighted by molar-refractivity contribution is 0.0661. The van der Waals surface area contributed by atoms with Crippen molar-refractivity contribution in [3.63, 3.8) is 0 Å². The summed E-state index contributed by atoms with van der Waals surface area (Å²) < 4.78 is 29.3. The van der Waals surface area contributed by atoms with Crippen LogP contribution in [0.1, 0.15) is 50.3 Å². The number of hydrogen-bond acceptors (Lipinski definition) is 4. The SMILES string of the molecule is Cc1ccc2c(c1)[C@@H](NC(=O)N(C)C1CCS(=O)(=O)CC1)CC(C)(C)O2. The number of nitrogens with zero attached hydrogens (tertiary/aromatic N) is 1. The van der Waals surface area contributed by atoms with Crippen molar-refractivity contribution in [1.29, 1.82) is 0 Å². The fourth-order valence-corrected chi connectivity index (χ4v) is 5.25. The Morgan fingerprint density at radius 3 is 2.58 bits per heavy atom. The van der Waals surface area contributed by atoms with E-state index in [1.165, 1.54) is 0 Å². The van der Waals surface area contributed by atoms with Crippen molar-refractivity contribution in [3.8, 4) is 5.75 Å². The quantitative estimate of drug-likeness (QED) is 0.856. The van der Waals surface area contributed by atoms with E-state index in [0.717, 1.165) is 16.9 Å². The van der Waals surface area contributed by atoms with E-state index in [9.17, 15) is 13.2 Å². The minimum atomic E-state index is -2.94. The number of ether oxygens (including phenoxy) is 1. The summed E-state index contributed by atoms with van der Waals surface area (Å²) in [6.45, 7) is 6.06. The molecule has 1 N–H and O–H groups in total. The average Bonchev–Trinajstić information content (AvgIpc) is 2.54. The predicted octanol–water partition coefficient (Wildman–Crippen LogP) is 2.82. The van der Waals surface area contributed by atoms with Gasteiger partial charge in [-0.2, -0.15) is 0 Å². The van der Waals surface area contributed by atoms with E-state index in [1.54, 1.807) is 11.9 Å². The Bertz CT molecular complexity index is 790. The number of nitrogens with one attached hydrogen (secondary N) is 1. The van der Waals surface area contributed by atoms with E-state index in [1.807, 2.05) is 32.9 Å². The molecule has 0 saturated carbocycles. The minimum absolute atomic E-state index is 0.0386. The molecule has 2 aliphatic rings. The zero-order valence-corrected chi connectivity index (χ0v) is 16.7.